The van der Waals surface area contributed by atoms with Gasteiger partial charge in [-0.3, -0.25) is 9.88 Å². The number of piperazine rings is 1. The molecular weight excluding hydrogens is 390 g/mol. The lowest BCUT2D eigenvalue weighted by molar-refractivity contribution is -0.0151. The van der Waals surface area contributed by atoms with E-state index in [1.165, 1.54) is 0 Å². The fraction of sp³-hybridized carbons (Fsp3) is 0.647. The van der Waals surface area contributed by atoms with Gasteiger partial charge in [0.25, 0.3) is 0 Å². The summed E-state index contributed by atoms with van der Waals surface area (Å²) in [6, 6.07) is 3.35. The number of rotatable bonds is 4. The Morgan fingerprint density at radius 1 is 1.44 bits per heavy atom. The molecule has 0 bridgehead atoms. The fourth-order valence-corrected chi connectivity index (χ4v) is 2.93. The minimum atomic E-state index is -0.754. The molecule has 8 heteroatoms. The van der Waals surface area contributed by atoms with E-state index in [9.17, 15) is 15.0 Å². The van der Waals surface area contributed by atoms with E-state index in [1.54, 1.807) is 17.2 Å². The number of halogens is 1. The van der Waals surface area contributed by atoms with Crippen LogP contribution in [0.5, 0.6) is 0 Å². The highest BCUT2D eigenvalue weighted by molar-refractivity contribution is 9.10. The van der Waals surface area contributed by atoms with E-state index >= 15 is 0 Å². The number of carbonyl (C=O) groups is 1. The highest BCUT2D eigenvalue weighted by atomic mass is 79.9. The number of pyridine rings is 1. The van der Waals surface area contributed by atoms with E-state index in [1.807, 2.05) is 31.7 Å². The van der Waals surface area contributed by atoms with Crippen molar-refractivity contribution in [3.05, 3.63) is 28.5 Å². The van der Waals surface area contributed by atoms with Gasteiger partial charge in [-0.2, -0.15) is 0 Å². The van der Waals surface area contributed by atoms with Crippen LogP contribution in [0.15, 0.2) is 22.8 Å². The van der Waals surface area contributed by atoms with Crippen LogP contribution in [0.1, 0.15) is 32.6 Å². The van der Waals surface area contributed by atoms with Gasteiger partial charge in [-0.1, -0.05) is 0 Å². The summed E-state index contributed by atoms with van der Waals surface area (Å²) in [5, 5.41) is 20.1. The standard InChI is InChI=1S/C17H26BrN3O4/c1-17(2,3)25-16(24)21-7-6-20(13(9-21)11-22)10-15(23)14-5-4-12(18)8-19-14/h4-5,8,13,15,22-23H,6-7,9-11H2,1-3H3/t13-,15?/m0/s1. The summed E-state index contributed by atoms with van der Waals surface area (Å²) in [4.78, 5) is 20.0. The molecule has 0 radical (unpaired) electrons. The van der Waals surface area contributed by atoms with Gasteiger partial charge < -0.3 is 19.8 Å². The third kappa shape index (κ3) is 5.91. The second kappa shape index (κ2) is 8.44. The number of hydrogen-bond donors (Lipinski definition) is 2. The normalized spacial score (nSPS) is 20.4. The predicted octanol–water partition coefficient (Wildman–Crippen LogP) is 1.79. The summed E-state index contributed by atoms with van der Waals surface area (Å²) >= 11 is 3.32. The minimum Gasteiger partial charge on any atom is -0.444 e. The van der Waals surface area contributed by atoms with Crippen LogP contribution < -0.4 is 0 Å². The van der Waals surface area contributed by atoms with Gasteiger partial charge in [0.2, 0.25) is 0 Å². The Morgan fingerprint density at radius 3 is 2.72 bits per heavy atom. The largest absolute Gasteiger partial charge is 0.444 e. The molecule has 0 spiro atoms. The summed E-state index contributed by atoms with van der Waals surface area (Å²) in [7, 11) is 0. The Labute approximate surface area is 156 Å². The molecule has 1 aromatic rings. The summed E-state index contributed by atoms with van der Waals surface area (Å²) in [5.74, 6) is 0. The first-order valence-corrected chi connectivity index (χ1v) is 9.11. The zero-order valence-electron chi connectivity index (χ0n) is 14.9. The number of aromatic nitrogens is 1. The molecule has 1 aliphatic rings. The maximum atomic E-state index is 12.2. The van der Waals surface area contributed by atoms with E-state index in [4.69, 9.17) is 4.74 Å². The Bertz CT molecular complexity index is 576. The van der Waals surface area contributed by atoms with Gasteiger partial charge >= 0.3 is 6.09 Å². The summed E-state index contributed by atoms with van der Waals surface area (Å²) in [6.07, 6.45) is 0.513. The van der Waals surface area contributed by atoms with Gasteiger partial charge in [-0.25, -0.2) is 4.79 Å². The van der Waals surface area contributed by atoms with Gasteiger partial charge in [0.1, 0.15) is 11.7 Å². The van der Waals surface area contributed by atoms with Gasteiger partial charge in [0.05, 0.1) is 18.3 Å². The Balaban J connectivity index is 1.95. The molecule has 1 aliphatic heterocycles. The number of ether oxygens (including phenoxy) is 1. The average Bonchev–Trinajstić information content (AvgIpc) is 2.54. The van der Waals surface area contributed by atoms with Crippen molar-refractivity contribution in [2.45, 2.75) is 38.5 Å². The van der Waals surface area contributed by atoms with Crippen LogP contribution in [0.4, 0.5) is 4.79 Å². The number of hydrogen-bond acceptors (Lipinski definition) is 6. The fourth-order valence-electron chi connectivity index (χ4n) is 2.70. The molecule has 140 valence electrons. The van der Waals surface area contributed by atoms with Crippen LogP contribution in [-0.4, -0.2) is 75.5 Å². The van der Waals surface area contributed by atoms with Crippen LogP contribution >= 0.6 is 15.9 Å². The zero-order chi connectivity index (χ0) is 18.6. The van der Waals surface area contributed by atoms with E-state index in [0.717, 1.165) is 4.47 Å². The summed E-state index contributed by atoms with van der Waals surface area (Å²) in [6.45, 7) is 7.14. The molecule has 2 N–H and O–H groups in total. The van der Waals surface area contributed by atoms with Crippen LogP contribution in [0, 0.1) is 0 Å². The molecular formula is C17H26BrN3O4. The molecule has 2 atom stereocenters. The van der Waals surface area contributed by atoms with Crippen molar-refractivity contribution in [2.75, 3.05) is 32.8 Å². The van der Waals surface area contributed by atoms with Crippen LogP contribution in [0.25, 0.3) is 0 Å². The molecule has 0 saturated carbocycles. The second-order valence-corrected chi connectivity index (χ2v) is 8.09. The first-order chi connectivity index (χ1) is 11.7. The maximum Gasteiger partial charge on any atom is 0.410 e. The van der Waals surface area contributed by atoms with Gasteiger partial charge in [-0.15, -0.1) is 0 Å². The number of carbonyl (C=O) groups excluding carboxylic acids is 1. The lowest BCUT2D eigenvalue weighted by Gasteiger charge is -2.41. The van der Waals surface area contributed by atoms with Crippen molar-refractivity contribution in [1.82, 2.24) is 14.8 Å². The molecule has 1 unspecified atom stereocenters. The lowest BCUT2D eigenvalue weighted by Crippen LogP contribution is -2.57. The number of nitrogens with zero attached hydrogens (tertiary/aromatic N) is 3. The van der Waals surface area contributed by atoms with E-state index in [0.29, 0.717) is 31.9 Å². The number of amides is 1. The van der Waals surface area contributed by atoms with Crippen LogP contribution in [-0.2, 0) is 4.74 Å². The molecule has 25 heavy (non-hydrogen) atoms. The molecule has 2 heterocycles. The van der Waals surface area contributed by atoms with Crippen molar-refractivity contribution in [3.63, 3.8) is 0 Å². The van der Waals surface area contributed by atoms with Crippen LogP contribution in [0.2, 0.25) is 0 Å². The molecule has 0 aliphatic carbocycles. The zero-order valence-corrected chi connectivity index (χ0v) is 16.4. The molecule has 2 rings (SSSR count). The number of β-amino-alcohol motifs (C(OH)–C–C–N with tert-alkyl or cyclic N) is 1. The van der Waals surface area contributed by atoms with Crippen molar-refractivity contribution in [1.29, 1.82) is 0 Å². The van der Waals surface area contributed by atoms with E-state index in [2.05, 4.69) is 20.9 Å². The smallest absolute Gasteiger partial charge is 0.410 e. The highest BCUT2D eigenvalue weighted by Gasteiger charge is 2.32. The van der Waals surface area contributed by atoms with Crippen molar-refractivity contribution in [2.24, 2.45) is 0 Å². The lowest BCUT2D eigenvalue weighted by atomic mass is 10.1. The molecule has 1 fully saturated rings. The topological polar surface area (TPSA) is 86.1 Å². The monoisotopic (exact) mass is 415 g/mol. The highest BCUT2D eigenvalue weighted by Crippen LogP contribution is 2.19. The van der Waals surface area contributed by atoms with Crippen molar-refractivity contribution >= 4 is 22.0 Å². The molecule has 7 nitrogen and oxygen atoms in total. The minimum absolute atomic E-state index is 0.0974. The van der Waals surface area contributed by atoms with E-state index < -0.39 is 11.7 Å². The van der Waals surface area contributed by atoms with Crippen molar-refractivity contribution < 1.29 is 19.7 Å². The van der Waals surface area contributed by atoms with Gasteiger partial charge in [0, 0.05) is 36.8 Å². The third-order valence-corrected chi connectivity index (χ3v) is 4.44. The number of aliphatic hydroxyl groups excluding tert-OH is 2. The molecule has 1 aromatic heterocycles. The Kier molecular flexibility index (Phi) is 6.79. The second-order valence-electron chi connectivity index (χ2n) is 7.17. The Morgan fingerprint density at radius 2 is 2.16 bits per heavy atom. The quantitative estimate of drug-likeness (QED) is 0.779. The SMILES string of the molecule is CC(C)(C)OC(=O)N1CCN(CC(O)c2ccc(Br)cn2)[C@H](CO)C1. The van der Waals surface area contributed by atoms with Gasteiger partial charge in [-0.05, 0) is 48.8 Å². The summed E-state index contributed by atoms with van der Waals surface area (Å²) in [5.41, 5.74) is 0.0290. The molecule has 1 amide bonds. The van der Waals surface area contributed by atoms with Gasteiger partial charge in [0.15, 0.2) is 0 Å². The van der Waals surface area contributed by atoms with Crippen molar-refractivity contribution in [3.8, 4) is 0 Å². The third-order valence-electron chi connectivity index (χ3n) is 3.97. The predicted molar refractivity (Wildman–Crippen MR) is 97.2 cm³/mol. The first-order valence-electron chi connectivity index (χ1n) is 8.32. The summed E-state index contributed by atoms with van der Waals surface area (Å²) < 4.78 is 6.24. The average molecular weight is 416 g/mol. The van der Waals surface area contributed by atoms with Crippen LogP contribution in [0.3, 0.4) is 0 Å². The maximum absolute atomic E-state index is 12.2. The Hall–Kier alpha value is -1.22. The molecule has 0 aromatic carbocycles. The van der Waals surface area contributed by atoms with E-state index in [-0.39, 0.29) is 18.7 Å². The first kappa shape index (κ1) is 20.1. The molecule has 1 saturated heterocycles. The number of aliphatic hydroxyl groups is 2.